The summed E-state index contributed by atoms with van der Waals surface area (Å²) in [4.78, 5) is 12.2. The first-order valence-corrected chi connectivity index (χ1v) is 6.10. The van der Waals surface area contributed by atoms with E-state index in [-0.39, 0.29) is 31.1 Å². The molecule has 0 atom stereocenters. The van der Waals surface area contributed by atoms with Crippen molar-refractivity contribution in [1.29, 1.82) is 0 Å². The van der Waals surface area contributed by atoms with Crippen LogP contribution in [0.3, 0.4) is 0 Å². The summed E-state index contributed by atoms with van der Waals surface area (Å²) in [5.74, 6) is 0.0480. The number of ketones is 1. The zero-order chi connectivity index (χ0) is 13.5. The van der Waals surface area contributed by atoms with E-state index in [1.165, 1.54) is 0 Å². The van der Waals surface area contributed by atoms with Crippen LogP contribution in [0.2, 0.25) is 0 Å². The molecule has 0 aliphatic rings. The zero-order valence-electron chi connectivity index (χ0n) is 11.8. The fourth-order valence-corrected chi connectivity index (χ4v) is 1.82. The molecule has 2 aromatic carbocycles. The number of carbonyl (C=O) groups is 1. The number of hydrogen-bond acceptors (Lipinski definition) is 2. The van der Waals surface area contributed by atoms with Crippen molar-refractivity contribution in [3.05, 3.63) is 77.2 Å². The van der Waals surface area contributed by atoms with Crippen molar-refractivity contribution >= 4 is 11.5 Å². The van der Waals surface area contributed by atoms with E-state index in [1.807, 2.05) is 60.7 Å². The van der Waals surface area contributed by atoms with Gasteiger partial charge >= 0.3 is 18.9 Å². The van der Waals surface area contributed by atoms with Crippen molar-refractivity contribution in [3.63, 3.8) is 0 Å². The van der Waals surface area contributed by atoms with E-state index in [2.05, 4.69) is 10.5 Å². The summed E-state index contributed by atoms with van der Waals surface area (Å²) in [6, 6.07) is 18.9. The van der Waals surface area contributed by atoms with Gasteiger partial charge in [-0.2, -0.15) is 0 Å². The zero-order valence-corrected chi connectivity index (χ0v) is 11.8. The summed E-state index contributed by atoms with van der Waals surface area (Å²) in [6.07, 6.45) is 0.255. The Hall–Kier alpha value is -1.82. The summed E-state index contributed by atoms with van der Waals surface area (Å²) in [6.45, 7) is 0. The molecule has 4 heteroatoms. The first-order valence-electron chi connectivity index (χ1n) is 6.10. The van der Waals surface area contributed by atoms with Crippen molar-refractivity contribution < 1.29 is 23.7 Å². The standard InChI is InChI=1S/C16H15N2O.Li/c1-17-18-15(13-8-4-2-5-9-13)12-16(19)14-10-6-3-7-11-14;/h2-11H,12H2,1H3;/q-1;+1/b18-15+;. The summed E-state index contributed by atoms with van der Waals surface area (Å²) < 4.78 is 0. The molecular formula is C16H15LiN2O. The molecule has 0 heterocycles. The summed E-state index contributed by atoms with van der Waals surface area (Å²) >= 11 is 0. The van der Waals surface area contributed by atoms with Gasteiger partial charge in [0.1, 0.15) is 0 Å². The molecule has 0 amide bonds. The second-order valence-corrected chi connectivity index (χ2v) is 4.08. The first-order chi connectivity index (χ1) is 9.31. The molecule has 0 aliphatic carbocycles. The van der Waals surface area contributed by atoms with E-state index < -0.39 is 0 Å². The third-order valence-corrected chi connectivity index (χ3v) is 2.75. The number of carbonyl (C=O) groups excluding carboxylic acids is 1. The summed E-state index contributed by atoms with van der Waals surface area (Å²) in [5.41, 5.74) is 6.11. The van der Waals surface area contributed by atoms with Crippen LogP contribution in [-0.2, 0) is 0 Å². The van der Waals surface area contributed by atoms with Gasteiger partial charge in [-0.3, -0.25) is 4.79 Å². The molecule has 3 nitrogen and oxygen atoms in total. The van der Waals surface area contributed by atoms with E-state index >= 15 is 0 Å². The Morgan fingerprint density at radius 3 is 1.95 bits per heavy atom. The molecule has 2 rings (SSSR count). The van der Waals surface area contributed by atoms with E-state index in [1.54, 1.807) is 7.05 Å². The van der Waals surface area contributed by atoms with Crippen LogP contribution in [-0.4, -0.2) is 18.5 Å². The van der Waals surface area contributed by atoms with E-state index in [0.717, 1.165) is 5.56 Å². The molecular weight excluding hydrogens is 243 g/mol. The van der Waals surface area contributed by atoms with Gasteiger partial charge in [0, 0.05) is 11.3 Å². The molecule has 96 valence electrons. The minimum atomic E-state index is 0. The van der Waals surface area contributed by atoms with Crippen molar-refractivity contribution in [3.8, 4) is 0 Å². The second kappa shape index (κ2) is 8.37. The van der Waals surface area contributed by atoms with Gasteiger partial charge < -0.3 is 10.5 Å². The Labute approximate surface area is 131 Å². The van der Waals surface area contributed by atoms with Gasteiger partial charge in [0.25, 0.3) is 0 Å². The van der Waals surface area contributed by atoms with Crippen LogP contribution in [0, 0.1) is 0 Å². The van der Waals surface area contributed by atoms with Gasteiger partial charge in [-0.15, -0.1) is 7.05 Å². The first kappa shape index (κ1) is 16.2. The average Bonchev–Trinajstić information content (AvgIpc) is 2.48. The number of benzene rings is 2. The third-order valence-electron chi connectivity index (χ3n) is 2.75. The molecule has 20 heavy (non-hydrogen) atoms. The molecule has 0 saturated carbocycles. The fraction of sp³-hybridized carbons (Fsp3) is 0.125. The topological polar surface area (TPSA) is 43.5 Å². The van der Waals surface area contributed by atoms with Crippen molar-refractivity contribution in [2.45, 2.75) is 6.42 Å². The largest absolute Gasteiger partial charge is 1.00 e. The minimum Gasteiger partial charge on any atom is -0.604 e. The number of rotatable bonds is 5. The Balaban J connectivity index is 0.00000200. The smallest absolute Gasteiger partial charge is 0.604 e. The predicted molar refractivity (Wildman–Crippen MR) is 77.7 cm³/mol. The number of Topliss-reactive ketones (excluding diaryl/α,β-unsaturated/α-hetero) is 1. The van der Waals surface area contributed by atoms with Gasteiger partial charge in [0.15, 0.2) is 5.78 Å². The molecule has 0 radical (unpaired) electrons. The average molecular weight is 258 g/mol. The van der Waals surface area contributed by atoms with Crippen LogP contribution in [0.5, 0.6) is 0 Å². The molecule has 0 unspecified atom stereocenters. The monoisotopic (exact) mass is 258 g/mol. The molecule has 0 fully saturated rings. The van der Waals surface area contributed by atoms with Gasteiger partial charge in [-0.25, -0.2) is 0 Å². The van der Waals surface area contributed by atoms with E-state index in [4.69, 9.17) is 0 Å². The van der Waals surface area contributed by atoms with Gasteiger partial charge in [-0.1, -0.05) is 60.7 Å². The Kier molecular flexibility index (Phi) is 6.79. The van der Waals surface area contributed by atoms with Crippen molar-refractivity contribution in [1.82, 2.24) is 0 Å². The number of nitrogens with zero attached hydrogens (tertiary/aromatic N) is 2. The van der Waals surface area contributed by atoms with Crippen LogP contribution >= 0.6 is 0 Å². The maximum atomic E-state index is 12.2. The molecule has 0 saturated heterocycles. The maximum absolute atomic E-state index is 12.2. The molecule has 0 N–H and O–H groups in total. The van der Waals surface area contributed by atoms with Gasteiger partial charge in [0.05, 0.1) is 6.42 Å². The minimum absolute atomic E-state index is 0. The normalized spacial score (nSPS) is 10.6. The SMILES string of the molecule is C[N-]/N=C(\CC(=O)c1ccccc1)c1ccccc1.[Li+]. The molecule has 0 spiro atoms. The van der Waals surface area contributed by atoms with E-state index in [9.17, 15) is 4.79 Å². The quantitative estimate of drug-likeness (QED) is 0.336. The molecule has 0 aliphatic heterocycles. The van der Waals surface area contributed by atoms with Crippen LogP contribution in [0.15, 0.2) is 65.8 Å². The molecule has 0 aromatic heterocycles. The van der Waals surface area contributed by atoms with Crippen LogP contribution in [0.4, 0.5) is 0 Å². The molecule has 0 bridgehead atoms. The number of hydrogen-bond donors (Lipinski definition) is 0. The molecule has 2 aromatic rings. The fourth-order valence-electron chi connectivity index (χ4n) is 1.82. The van der Waals surface area contributed by atoms with Crippen molar-refractivity contribution in [2.75, 3.05) is 7.05 Å². The maximum Gasteiger partial charge on any atom is 1.00 e. The predicted octanol–water partition coefficient (Wildman–Crippen LogP) is 0.671. The Morgan fingerprint density at radius 1 is 0.950 bits per heavy atom. The van der Waals surface area contributed by atoms with E-state index in [0.29, 0.717) is 11.3 Å². The van der Waals surface area contributed by atoms with Crippen LogP contribution in [0.1, 0.15) is 22.3 Å². The van der Waals surface area contributed by atoms with Crippen molar-refractivity contribution in [2.24, 2.45) is 5.10 Å². The summed E-state index contributed by atoms with van der Waals surface area (Å²) in [5, 5.41) is 4.08. The Morgan fingerprint density at radius 2 is 1.45 bits per heavy atom. The van der Waals surface area contributed by atoms with Gasteiger partial charge in [0.2, 0.25) is 0 Å². The van der Waals surface area contributed by atoms with Gasteiger partial charge in [-0.05, 0) is 5.56 Å². The second-order valence-electron chi connectivity index (χ2n) is 4.08. The third kappa shape index (κ3) is 4.38. The Bertz CT molecular complexity index is 568. The van der Waals surface area contributed by atoms with Crippen LogP contribution < -0.4 is 18.9 Å². The summed E-state index contributed by atoms with van der Waals surface area (Å²) in [7, 11) is 1.61. The van der Waals surface area contributed by atoms with Crippen LogP contribution in [0.25, 0.3) is 5.43 Å².